The molecule has 0 aliphatic rings. The molecule has 4 heteroatoms. The van der Waals surface area contributed by atoms with Crippen molar-refractivity contribution in [2.45, 2.75) is 91.4 Å². The molecule has 0 aromatic rings. The van der Waals surface area contributed by atoms with Crippen LogP contribution in [0.25, 0.3) is 0 Å². The first-order valence-corrected chi connectivity index (χ1v) is 9.90. The molecule has 0 heterocycles. The lowest BCUT2D eigenvalue weighted by Crippen LogP contribution is -2.09. The van der Waals surface area contributed by atoms with E-state index < -0.39 is 0 Å². The van der Waals surface area contributed by atoms with Crippen molar-refractivity contribution in [1.29, 1.82) is 0 Å². The topological polar surface area (TPSA) is 36.9 Å². The van der Waals surface area contributed by atoms with Gasteiger partial charge in [-0.2, -0.15) is 0 Å². The van der Waals surface area contributed by atoms with Gasteiger partial charge in [-0.15, -0.1) is 0 Å². The van der Waals surface area contributed by atoms with Gasteiger partial charge >= 0.3 is 5.95 Å². The molecule has 0 spiro atoms. The highest BCUT2D eigenvalue weighted by Gasteiger charge is 2.13. The van der Waals surface area contributed by atoms with Crippen LogP contribution in [0.2, 0.25) is 0 Å². The highest BCUT2D eigenvalue weighted by atomic mass is 16.7. The maximum absolute atomic E-state index is 6.01. The molecule has 0 bridgehead atoms. The van der Waals surface area contributed by atoms with E-state index in [2.05, 4.69) is 20.8 Å². The molecule has 0 unspecified atom stereocenters. The third-order valence-corrected chi connectivity index (χ3v) is 3.80. The average Bonchev–Trinajstić information content (AvgIpc) is 2.60. The van der Waals surface area contributed by atoms with Gasteiger partial charge in [0.2, 0.25) is 0 Å². The molecular weight excluding hydrogens is 304 g/mol. The zero-order valence-electron chi connectivity index (χ0n) is 16.5. The average molecular weight is 345 g/mol. The summed E-state index contributed by atoms with van der Waals surface area (Å²) in [7, 11) is 1.62. The van der Waals surface area contributed by atoms with E-state index in [1.165, 1.54) is 44.9 Å². The predicted octanol–water partition coefficient (Wildman–Crippen LogP) is 6.16. The molecule has 0 radical (unpaired) electrons. The second-order valence-electron chi connectivity index (χ2n) is 6.18. The smallest absolute Gasteiger partial charge is 0.321 e. The van der Waals surface area contributed by atoms with Gasteiger partial charge in [0.1, 0.15) is 0 Å². The van der Waals surface area contributed by atoms with Crippen molar-refractivity contribution >= 4 is 0 Å². The fourth-order valence-corrected chi connectivity index (χ4v) is 2.32. The Balaban J connectivity index is 4.66. The second kappa shape index (κ2) is 18.4. The predicted molar refractivity (Wildman–Crippen MR) is 99.7 cm³/mol. The molecule has 0 atom stereocenters. The van der Waals surface area contributed by atoms with Gasteiger partial charge in [-0.05, 0) is 19.3 Å². The molecule has 0 saturated carbocycles. The van der Waals surface area contributed by atoms with Crippen LogP contribution in [0, 0.1) is 0 Å². The van der Waals surface area contributed by atoms with Crippen LogP contribution < -0.4 is 0 Å². The molecule has 0 aliphatic carbocycles. The van der Waals surface area contributed by atoms with Crippen LogP contribution in [0.3, 0.4) is 0 Å². The van der Waals surface area contributed by atoms with Gasteiger partial charge in [-0.25, -0.2) is 0 Å². The van der Waals surface area contributed by atoms with E-state index in [4.69, 9.17) is 18.9 Å². The van der Waals surface area contributed by atoms with Gasteiger partial charge in [0.05, 0.1) is 13.2 Å². The summed E-state index contributed by atoms with van der Waals surface area (Å²) in [6.45, 7) is 8.21. The van der Waals surface area contributed by atoms with Crippen LogP contribution in [-0.2, 0) is 18.9 Å². The Labute approximate surface area is 149 Å². The Bertz CT molecular complexity index is 275. The maximum Gasteiger partial charge on any atom is 0.321 e. The molecular formula is C20H40O4. The van der Waals surface area contributed by atoms with E-state index in [9.17, 15) is 0 Å². The summed E-state index contributed by atoms with van der Waals surface area (Å²) in [5.74, 6) is 1.39. The van der Waals surface area contributed by atoms with Crippen molar-refractivity contribution < 1.29 is 18.9 Å². The number of rotatable bonds is 18. The minimum absolute atomic E-state index is 0.194. The summed E-state index contributed by atoms with van der Waals surface area (Å²) in [4.78, 5) is 0. The SMILES string of the molecule is CCCCCCC(OCCCCC)=C(OCCCCC)OCOC. The number of hydrogen-bond acceptors (Lipinski definition) is 4. The third kappa shape index (κ3) is 13.5. The summed E-state index contributed by atoms with van der Waals surface area (Å²) >= 11 is 0. The van der Waals surface area contributed by atoms with E-state index in [0.717, 1.165) is 38.0 Å². The Morgan fingerprint density at radius 3 is 1.79 bits per heavy atom. The summed E-state index contributed by atoms with van der Waals surface area (Å²) < 4.78 is 22.6. The summed E-state index contributed by atoms with van der Waals surface area (Å²) in [6, 6.07) is 0. The lowest BCUT2D eigenvalue weighted by Gasteiger charge is -2.17. The Morgan fingerprint density at radius 1 is 0.625 bits per heavy atom. The normalized spacial score (nSPS) is 12.0. The lowest BCUT2D eigenvalue weighted by atomic mass is 10.1. The van der Waals surface area contributed by atoms with Crippen LogP contribution in [0.15, 0.2) is 11.7 Å². The zero-order valence-corrected chi connectivity index (χ0v) is 16.5. The Kier molecular flexibility index (Phi) is 17.7. The van der Waals surface area contributed by atoms with Gasteiger partial charge in [-0.1, -0.05) is 65.7 Å². The van der Waals surface area contributed by atoms with Crippen LogP contribution >= 0.6 is 0 Å². The fourth-order valence-electron chi connectivity index (χ4n) is 2.32. The molecule has 0 N–H and O–H groups in total. The largest absolute Gasteiger partial charge is 0.491 e. The standard InChI is InChI=1S/C20H40O4/c1-5-8-11-12-15-19(22-16-13-9-6-2)20(24-18-21-4)23-17-14-10-7-3/h5-18H2,1-4H3. The molecule has 0 saturated heterocycles. The van der Waals surface area contributed by atoms with E-state index in [1.54, 1.807) is 7.11 Å². The molecule has 0 rings (SSSR count). The molecule has 4 nitrogen and oxygen atoms in total. The van der Waals surface area contributed by atoms with E-state index in [0.29, 0.717) is 12.6 Å². The molecule has 0 fully saturated rings. The molecule has 0 amide bonds. The van der Waals surface area contributed by atoms with Gasteiger partial charge in [0.25, 0.3) is 0 Å². The lowest BCUT2D eigenvalue weighted by molar-refractivity contribution is -0.0692. The van der Waals surface area contributed by atoms with Gasteiger partial charge in [0, 0.05) is 13.5 Å². The summed E-state index contributed by atoms with van der Waals surface area (Å²) in [6.07, 6.45) is 12.5. The number of ether oxygens (including phenoxy) is 4. The van der Waals surface area contributed by atoms with Crippen LogP contribution in [0.4, 0.5) is 0 Å². The molecule has 0 aromatic heterocycles. The Hall–Kier alpha value is -0.900. The van der Waals surface area contributed by atoms with Gasteiger partial charge < -0.3 is 18.9 Å². The number of methoxy groups -OCH3 is 1. The minimum atomic E-state index is 0.194. The number of allylic oxidation sites excluding steroid dienone is 1. The first-order chi connectivity index (χ1) is 11.8. The van der Waals surface area contributed by atoms with Gasteiger partial charge in [-0.3, -0.25) is 0 Å². The second-order valence-corrected chi connectivity index (χ2v) is 6.18. The summed E-state index contributed by atoms with van der Waals surface area (Å²) in [5.41, 5.74) is 0. The monoisotopic (exact) mass is 344 g/mol. The van der Waals surface area contributed by atoms with Crippen LogP contribution in [0.5, 0.6) is 0 Å². The van der Waals surface area contributed by atoms with Crippen LogP contribution in [-0.4, -0.2) is 27.1 Å². The van der Waals surface area contributed by atoms with Crippen molar-refractivity contribution in [2.24, 2.45) is 0 Å². The third-order valence-electron chi connectivity index (χ3n) is 3.80. The number of hydrogen-bond donors (Lipinski definition) is 0. The zero-order chi connectivity index (χ0) is 17.9. The van der Waals surface area contributed by atoms with Crippen molar-refractivity contribution in [1.82, 2.24) is 0 Å². The first-order valence-electron chi connectivity index (χ1n) is 9.90. The molecule has 144 valence electrons. The first kappa shape index (κ1) is 23.1. The quantitative estimate of drug-likeness (QED) is 0.169. The molecule has 24 heavy (non-hydrogen) atoms. The van der Waals surface area contributed by atoms with Gasteiger partial charge in [0.15, 0.2) is 12.6 Å². The highest BCUT2D eigenvalue weighted by Crippen LogP contribution is 2.19. The summed E-state index contributed by atoms with van der Waals surface area (Å²) in [5, 5.41) is 0. The molecule has 0 aromatic carbocycles. The Morgan fingerprint density at radius 2 is 1.21 bits per heavy atom. The fraction of sp³-hybridized carbons (Fsp3) is 0.900. The number of unbranched alkanes of at least 4 members (excludes halogenated alkanes) is 7. The van der Waals surface area contributed by atoms with Crippen molar-refractivity contribution in [2.75, 3.05) is 27.1 Å². The highest BCUT2D eigenvalue weighted by molar-refractivity contribution is 4.95. The van der Waals surface area contributed by atoms with Crippen molar-refractivity contribution in [3.8, 4) is 0 Å². The van der Waals surface area contributed by atoms with Crippen molar-refractivity contribution in [3.63, 3.8) is 0 Å². The van der Waals surface area contributed by atoms with E-state index in [-0.39, 0.29) is 6.79 Å². The van der Waals surface area contributed by atoms with E-state index >= 15 is 0 Å². The van der Waals surface area contributed by atoms with Crippen LogP contribution in [0.1, 0.15) is 91.4 Å². The van der Waals surface area contributed by atoms with E-state index in [1.807, 2.05) is 0 Å². The minimum Gasteiger partial charge on any atom is -0.491 e. The maximum atomic E-state index is 6.01. The molecule has 0 aliphatic heterocycles. The van der Waals surface area contributed by atoms with Crippen molar-refractivity contribution in [3.05, 3.63) is 11.7 Å².